The van der Waals surface area contributed by atoms with Crippen LogP contribution in [0.15, 0.2) is 118 Å². The van der Waals surface area contributed by atoms with Crippen LogP contribution in [0.1, 0.15) is 23.5 Å². The standard InChI is InChI=1S/C30H21BrFN3O2S/c31-24-18-19(32)9-14-23(24)26-15-16-27(37-26)29-28(25-8-4-5-17-33-25)34-30(38)35(29)20-10-12-22(13-11-20)36-21-6-2-1-3-7-21/h1-18,28-29H,(H,34,38)/t28-,29+/m0/s1. The zero-order chi connectivity index (χ0) is 26.1. The summed E-state index contributed by atoms with van der Waals surface area (Å²) in [6.45, 7) is 0. The van der Waals surface area contributed by atoms with Crippen LogP contribution in [0, 0.1) is 5.82 Å². The van der Waals surface area contributed by atoms with Gasteiger partial charge in [-0.05, 0) is 107 Å². The Hall–Kier alpha value is -4.01. The third kappa shape index (κ3) is 4.80. The molecule has 188 valence electrons. The first-order valence-corrected chi connectivity index (χ1v) is 13.2. The van der Waals surface area contributed by atoms with Crippen molar-refractivity contribution in [3.05, 3.63) is 131 Å². The predicted octanol–water partition coefficient (Wildman–Crippen LogP) is 8.21. The molecule has 1 aliphatic rings. The van der Waals surface area contributed by atoms with Gasteiger partial charge in [-0.3, -0.25) is 4.98 Å². The van der Waals surface area contributed by atoms with Gasteiger partial charge in [-0.2, -0.15) is 0 Å². The highest BCUT2D eigenvalue weighted by Gasteiger charge is 2.42. The van der Waals surface area contributed by atoms with E-state index in [1.165, 1.54) is 12.1 Å². The number of aromatic nitrogens is 1. The highest BCUT2D eigenvalue weighted by Crippen LogP contribution is 2.44. The highest BCUT2D eigenvalue weighted by molar-refractivity contribution is 9.10. The number of halogens is 2. The number of hydrogen-bond acceptors (Lipinski definition) is 4. The van der Waals surface area contributed by atoms with Crippen LogP contribution in [0.2, 0.25) is 0 Å². The minimum Gasteiger partial charge on any atom is -0.459 e. The largest absolute Gasteiger partial charge is 0.459 e. The number of nitrogens with one attached hydrogen (secondary N) is 1. The Kier molecular flexibility index (Phi) is 6.66. The molecule has 1 fully saturated rings. The summed E-state index contributed by atoms with van der Waals surface area (Å²) >= 11 is 9.26. The van der Waals surface area contributed by atoms with Crippen LogP contribution in [-0.2, 0) is 0 Å². The minimum atomic E-state index is -0.321. The molecule has 0 radical (unpaired) electrons. The fourth-order valence-corrected chi connectivity index (χ4v) is 5.46. The van der Waals surface area contributed by atoms with Crippen LogP contribution >= 0.6 is 28.1 Å². The Labute approximate surface area is 233 Å². The number of anilines is 1. The van der Waals surface area contributed by atoms with Gasteiger partial charge in [-0.25, -0.2) is 4.39 Å². The molecule has 2 aromatic heterocycles. The summed E-state index contributed by atoms with van der Waals surface area (Å²) in [5.74, 6) is 2.48. The molecule has 5 nitrogen and oxygen atoms in total. The van der Waals surface area contributed by atoms with Gasteiger partial charge in [0.25, 0.3) is 0 Å². The molecule has 0 saturated carbocycles. The van der Waals surface area contributed by atoms with E-state index in [1.807, 2.05) is 89.8 Å². The lowest BCUT2D eigenvalue weighted by atomic mass is 10.0. The number of ether oxygens (including phenoxy) is 1. The van der Waals surface area contributed by atoms with Crippen LogP contribution in [0.5, 0.6) is 11.5 Å². The number of para-hydroxylation sites is 1. The van der Waals surface area contributed by atoms with Crippen molar-refractivity contribution in [2.24, 2.45) is 0 Å². The molecular weight excluding hydrogens is 565 g/mol. The second kappa shape index (κ2) is 10.4. The van der Waals surface area contributed by atoms with E-state index >= 15 is 0 Å². The molecule has 1 aliphatic heterocycles. The zero-order valence-corrected chi connectivity index (χ0v) is 22.3. The highest BCUT2D eigenvalue weighted by atomic mass is 79.9. The number of hydrogen-bond donors (Lipinski definition) is 1. The van der Waals surface area contributed by atoms with E-state index < -0.39 is 0 Å². The normalized spacial score (nSPS) is 16.9. The van der Waals surface area contributed by atoms with E-state index in [2.05, 4.69) is 26.2 Å². The molecule has 0 unspecified atom stereocenters. The fraction of sp³-hybridized carbons (Fsp3) is 0.0667. The molecule has 3 heterocycles. The van der Waals surface area contributed by atoms with Crippen molar-refractivity contribution in [2.75, 3.05) is 4.90 Å². The first-order chi connectivity index (χ1) is 18.6. The summed E-state index contributed by atoms with van der Waals surface area (Å²) in [7, 11) is 0. The fourth-order valence-electron chi connectivity index (χ4n) is 4.57. The van der Waals surface area contributed by atoms with Gasteiger partial charge >= 0.3 is 0 Å². The average molecular weight is 586 g/mol. The number of pyridine rings is 1. The third-order valence-corrected chi connectivity index (χ3v) is 7.28. The second-order valence-corrected chi connectivity index (χ2v) is 9.97. The van der Waals surface area contributed by atoms with E-state index in [-0.39, 0.29) is 17.9 Å². The number of thiocarbonyl (C=S) groups is 1. The Morgan fingerprint density at radius 1 is 0.895 bits per heavy atom. The van der Waals surface area contributed by atoms with Gasteiger partial charge in [0.05, 0.1) is 11.7 Å². The smallest absolute Gasteiger partial charge is 0.174 e. The number of benzene rings is 3. The van der Waals surface area contributed by atoms with Gasteiger partial charge < -0.3 is 19.4 Å². The molecule has 2 atom stereocenters. The van der Waals surface area contributed by atoms with Crippen molar-refractivity contribution in [2.45, 2.75) is 12.1 Å². The predicted molar refractivity (Wildman–Crippen MR) is 153 cm³/mol. The van der Waals surface area contributed by atoms with E-state index in [0.717, 1.165) is 28.4 Å². The lowest BCUT2D eigenvalue weighted by Crippen LogP contribution is -2.29. The summed E-state index contributed by atoms with van der Waals surface area (Å²) in [6.07, 6.45) is 1.76. The summed E-state index contributed by atoms with van der Waals surface area (Å²) in [5, 5.41) is 3.99. The average Bonchev–Trinajstić information content (AvgIpc) is 3.55. The topological polar surface area (TPSA) is 50.5 Å². The molecular formula is C30H21BrFN3O2S. The molecule has 0 amide bonds. The van der Waals surface area contributed by atoms with Gasteiger partial charge in [-0.15, -0.1) is 0 Å². The van der Waals surface area contributed by atoms with Crippen LogP contribution in [0.4, 0.5) is 10.1 Å². The van der Waals surface area contributed by atoms with E-state index in [0.29, 0.717) is 21.1 Å². The van der Waals surface area contributed by atoms with Crippen molar-refractivity contribution < 1.29 is 13.5 Å². The van der Waals surface area contributed by atoms with Gasteiger partial charge in [0.2, 0.25) is 0 Å². The SMILES string of the molecule is Fc1ccc(-c2ccc([C@@H]3[C@H](c4ccccn4)NC(=S)N3c3ccc(Oc4ccccc4)cc3)o2)c(Br)c1. The quantitative estimate of drug-likeness (QED) is 0.203. The Morgan fingerprint density at radius 2 is 1.66 bits per heavy atom. The van der Waals surface area contributed by atoms with Crippen molar-refractivity contribution in [3.63, 3.8) is 0 Å². The lowest BCUT2D eigenvalue weighted by molar-refractivity contribution is 0.439. The Bertz CT molecular complexity index is 1580. The van der Waals surface area contributed by atoms with Crippen LogP contribution in [0.3, 0.4) is 0 Å². The number of furan rings is 1. The molecule has 1 N–H and O–H groups in total. The minimum absolute atomic E-state index is 0.250. The lowest BCUT2D eigenvalue weighted by Gasteiger charge is -2.26. The van der Waals surface area contributed by atoms with Gasteiger partial charge in [0, 0.05) is 21.9 Å². The first kappa shape index (κ1) is 24.3. The first-order valence-electron chi connectivity index (χ1n) is 12.0. The van der Waals surface area contributed by atoms with Crippen molar-refractivity contribution in [3.8, 4) is 22.8 Å². The molecule has 1 saturated heterocycles. The van der Waals surface area contributed by atoms with Crippen LogP contribution in [0.25, 0.3) is 11.3 Å². The monoisotopic (exact) mass is 585 g/mol. The molecule has 8 heteroatoms. The molecule has 0 bridgehead atoms. The van der Waals surface area contributed by atoms with Gasteiger partial charge in [-0.1, -0.05) is 24.3 Å². The van der Waals surface area contributed by atoms with E-state index in [4.69, 9.17) is 21.4 Å². The maximum Gasteiger partial charge on any atom is 0.174 e. The van der Waals surface area contributed by atoms with E-state index in [9.17, 15) is 4.39 Å². The maximum absolute atomic E-state index is 13.7. The van der Waals surface area contributed by atoms with Crippen molar-refractivity contribution >= 4 is 38.9 Å². The Balaban J connectivity index is 1.37. The molecule has 0 aliphatic carbocycles. The molecule has 0 spiro atoms. The van der Waals surface area contributed by atoms with Gasteiger partial charge in [0.15, 0.2) is 5.11 Å². The maximum atomic E-state index is 13.7. The second-order valence-electron chi connectivity index (χ2n) is 8.73. The van der Waals surface area contributed by atoms with Crippen molar-refractivity contribution in [1.29, 1.82) is 0 Å². The van der Waals surface area contributed by atoms with Gasteiger partial charge in [0.1, 0.15) is 34.9 Å². The Morgan fingerprint density at radius 3 is 2.39 bits per heavy atom. The number of nitrogens with zero attached hydrogens (tertiary/aromatic N) is 2. The molecule has 3 aromatic carbocycles. The molecule has 6 rings (SSSR count). The van der Waals surface area contributed by atoms with Crippen molar-refractivity contribution in [1.82, 2.24) is 10.3 Å². The summed E-state index contributed by atoms with van der Waals surface area (Å²) in [6, 6.07) is 31.0. The number of rotatable bonds is 6. The third-order valence-electron chi connectivity index (χ3n) is 6.31. The molecule has 5 aromatic rings. The molecule has 38 heavy (non-hydrogen) atoms. The summed E-state index contributed by atoms with van der Waals surface area (Å²) < 4.78 is 26.6. The summed E-state index contributed by atoms with van der Waals surface area (Å²) in [5.41, 5.74) is 2.48. The van der Waals surface area contributed by atoms with Crippen LogP contribution in [-0.4, -0.2) is 10.1 Å². The zero-order valence-electron chi connectivity index (χ0n) is 19.9. The van der Waals surface area contributed by atoms with Crippen LogP contribution < -0.4 is 15.0 Å². The van der Waals surface area contributed by atoms with E-state index in [1.54, 1.807) is 12.3 Å². The summed E-state index contributed by atoms with van der Waals surface area (Å²) in [4.78, 5) is 6.62.